The highest BCUT2D eigenvalue weighted by Crippen LogP contribution is 2.34. The molecule has 2 saturated heterocycles. The second-order valence-corrected chi connectivity index (χ2v) is 7.89. The minimum absolute atomic E-state index is 0.210. The van der Waals surface area contributed by atoms with Crippen LogP contribution in [0.15, 0.2) is 18.7 Å². The van der Waals surface area contributed by atoms with Crippen molar-refractivity contribution in [3.05, 3.63) is 24.5 Å². The van der Waals surface area contributed by atoms with Gasteiger partial charge in [0.2, 0.25) is 0 Å². The fraction of sp³-hybridized carbons (Fsp3) is 0.684. The van der Waals surface area contributed by atoms with Crippen LogP contribution >= 0.6 is 0 Å². The van der Waals surface area contributed by atoms with Gasteiger partial charge in [0.05, 0.1) is 18.2 Å². The van der Waals surface area contributed by atoms with Crippen LogP contribution in [0.25, 0.3) is 0 Å². The van der Waals surface area contributed by atoms with Crippen LogP contribution in [0.4, 0.5) is 11.6 Å². The first kappa shape index (κ1) is 18.2. The summed E-state index contributed by atoms with van der Waals surface area (Å²) in [6.07, 6.45) is 8.00. The van der Waals surface area contributed by atoms with Crippen molar-refractivity contribution in [3.63, 3.8) is 0 Å². The Hall–Kier alpha value is -2.22. The van der Waals surface area contributed by atoms with Crippen molar-refractivity contribution in [1.29, 1.82) is 0 Å². The first-order valence-corrected chi connectivity index (χ1v) is 9.94. The Labute approximate surface area is 160 Å². The summed E-state index contributed by atoms with van der Waals surface area (Å²) in [5.41, 5.74) is 0. The molecule has 3 atom stereocenters. The van der Waals surface area contributed by atoms with E-state index >= 15 is 0 Å². The van der Waals surface area contributed by atoms with Crippen LogP contribution in [0.1, 0.15) is 51.4 Å². The molecule has 2 aromatic rings. The Morgan fingerprint density at radius 3 is 2.89 bits per heavy atom. The molecule has 0 spiro atoms. The summed E-state index contributed by atoms with van der Waals surface area (Å²) in [5, 5.41) is 12.0. The normalized spacial score (nSPS) is 25.9. The molecule has 146 valence electrons. The Morgan fingerprint density at radius 1 is 1.22 bits per heavy atom. The lowest BCUT2D eigenvalue weighted by molar-refractivity contribution is -0.0203. The van der Waals surface area contributed by atoms with Crippen molar-refractivity contribution in [1.82, 2.24) is 24.7 Å². The number of rotatable bonds is 5. The average Bonchev–Trinajstić information content (AvgIpc) is 3.30. The van der Waals surface area contributed by atoms with E-state index < -0.39 is 0 Å². The first-order valence-electron chi connectivity index (χ1n) is 9.94. The molecule has 0 saturated carbocycles. The lowest BCUT2D eigenvalue weighted by Gasteiger charge is -2.35. The summed E-state index contributed by atoms with van der Waals surface area (Å²) < 4.78 is 8.00. The van der Waals surface area contributed by atoms with Gasteiger partial charge in [0.25, 0.3) is 0 Å². The molecule has 27 heavy (non-hydrogen) atoms. The molecule has 2 fully saturated rings. The maximum atomic E-state index is 6.00. The second-order valence-electron chi connectivity index (χ2n) is 7.89. The number of hydrogen-bond donors (Lipinski definition) is 1. The van der Waals surface area contributed by atoms with Crippen molar-refractivity contribution in [3.8, 4) is 0 Å². The second kappa shape index (κ2) is 7.80. The fourth-order valence-electron chi connectivity index (χ4n) is 4.29. The van der Waals surface area contributed by atoms with Crippen molar-refractivity contribution >= 4 is 11.6 Å². The Morgan fingerprint density at radius 2 is 2.11 bits per heavy atom. The third-order valence-corrected chi connectivity index (χ3v) is 5.60. The minimum atomic E-state index is 0.210. The van der Waals surface area contributed by atoms with Gasteiger partial charge in [-0.05, 0) is 31.6 Å². The van der Waals surface area contributed by atoms with Gasteiger partial charge in [-0.15, -0.1) is 10.2 Å². The van der Waals surface area contributed by atoms with Crippen LogP contribution < -0.4 is 10.2 Å². The summed E-state index contributed by atoms with van der Waals surface area (Å²) in [4.78, 5) is 11.3. The van der Waals surface area contributed by atoms with Crippen molar-refractivity contribution < 1.29 is 4.74 Å². The van der Waals surface area contributed by atoms with E-state index in [0.29, 0.717) is 5.92 Å². The molecule has 0 bridgehead atoms. The van der Waals surface area contributed by atoms with Crippen LogP contribution in [0.3, 0.4) is 0 Å². The zero-order chi connectivity index (χ0) is 18.8. The smallest absolute Gasteiger partial charge is 0.155 e. The predicted molar refractivity (Wildman–Crippen MR) is 104 cm³/mol. The highest BCUT2D eigenvalue weighted by Gasteiger charge is 2.32. The van der Waals surface area contributed by atoms with Crippen molar-refractivity contribution in [2.45, 2.75) is 57.7 Å². The van der Waals surface area contributed by atoms with E-state index in [1.54, 1.807) is 12.7 Å². The van der Waals surface area contributed by atoms with Crippen LogP contribution in [0.2, 0.25) is 0 Å². The van der Waals surface area contributed by atoms with Crippen LogP contribution in [-0.2, 0) is 11.8 Å². The molecule has 8 heteroatoms. The van der Waals surface area contributed by atoms with Gasteiger partial charge in [-0.25, -0.2) is 9.97 Å². The zero-order valence-corrected chi connectivity index (χ0v) is 16.4. The van der Waals surface area contributed by atoms with Crippen LogP contribution in [0.5, 0.6) is 0 Å². The number of hydrogen-bond acceptors (Lipinski definition) is 7. The Bertz CT molecular complexity index is 762. The largest absolute Gasteiger partial charge is 0.376 e. The lowest BCUT2D eigenvalue weighted by atomic mass is 9.94. The van der Waals surface area contributed by atoms with Gasteiger partial charge >= 0.3 is 0 Å². The molecule has 4 rings (SSSR count). The van der Waals surface area contributed by atoms with Gasteiger partial charge in [0, 0.05) is 26.3 Å². The summed E-state index contributed by atoms with van der Waals surface area (Å²) in [6, 6.07) is 2.55. The molecule has 0 radical (unpaired) electrons. The average molecular weight is 371 g/mol. The summed E-state index contributed by atoms with van der Waals surface area (Å²) in [5.74, 6) is 3.27. The fourth-order valence-corrected chi connectivity index (χ4v) is 4.29. The highest BCUT2D eigenvalue weighted by molar-refractivity contribution is 5.51. The van der Waals surface area contributed by atoms with E-state index in [1.807, 2.05) is 11.6 Å². The molecule has 0 aliphatic carbocycles. The van der Waals surface area contributed by atoms with E-state index in [-0.39, 0.29) is 18.2 Å². The van der Waals surface area contributed by atoms with E-state index in [1.165, 1.54) is 0 Å². The van der Waals surface area contributed by atoms with Gasteiger partial charge in [0.1, 0.15) is 24.3 Å². The number of anilines is 2. The lowest BCUT2D eigenvalue weighted by Crippen LogP contribution is -2.43. The molecular weight excluding hydrogens is 342 g/mol. The molecule has 2 aliphatic rings. The van der Waals surface area contributed by atoms with Gasteiger partial charge in [-0.2, -0.15) is 0 Å². The maximum Gasteiger partial charge on any atom is 0.155 e. The highest BCUT2D eigenvalue weighted by atomic mass is 16.5. The molecule has 4 heterocycles. The van der Waals surface area contributed by atoms with E-state index in [4.69, 9.17) is 4.74 Å². The molecular formula is C19H29N7O. The van der Waals surface area contributed by atoms with Crippen LogP contribution in [-0.4, -0.2) is 50.0 Å². The van der Waals surface area contributed by atoms with Gasteiger partial charge in [0.15, 0.2) is 5.82 Å². The molecule has 0 amide bonds. The van der Waals surface area contributed by atoms with Crippen LogP contribution in [0, 0.1) is 5.92 Å². The maximum absolute atomic E-state index is 6.00. The SMILES string of the molecule is CC(C)C1OCCCC1Nc1cc(N2CCCC2c2nncn2C)ncn1. The topological polar surface area (TPSA) is 81.0 Å². The van der Waals surface area contributed by atoms with Crippen molar-refractivity contribution in [2.24, 2.45) is 13.0 Å². The van der Waals surface area contributed by atoms with Gasteiger partial charge < -0.3 is 19.5 Å². The number of nitrogens with zero attached hydrogens (tertiary/aromatic N) is 6. The van der Waals surface area contributed by atoms with E-state index in [9.17, 15) is 0 Å². The number of aromatic nitrogens is 5. The van der Waals surface area contributed by atoms with E-state index in [2.05, 4.69) is 50.3 Å². The van der Waals surface area contributed by atoms with Gasteiger partial charge in [-0.3, -0.25) is 0 Å². The third-order valence-electron chi connectivity index (χ3n) is 5.60. The zero-order valence-electron chi connectivity index (χ0n) is 16.4. The van der Waals surface area contributed by atoms with Crippen molar-refractivity contribution in [2.75, 3.05) is 23.4 Å². The molecule has 2 aromatic heterocycles. The Balaban J connectivity index is 1.53. The summed E-state index contributed by atoms with van der Waals surface area (Å²) in [6.45, 7) is 6.25. The summed E-state index contributed by atoms with van der Waals surface area (Å²) in [7, 11) is 1.99. The third kappa shape index (κ3) is 3.76. The predicted octanol–water partition coefficient (Wildman–Crippen LogP) is 2.56. The molecule has 3 unspecified atom stereocenters. The standard InChI is InChI=1S/C19H29N7O/c1-13(2)18-14(6-5-9-27-18)23-16-10-17(21-11-20-16)26-8-4-7-15(26)19-24-22-12-25(19)3/h10-15,18H,4-9H2,1-3H3,(H,20,21,23). The number of aryl methyl sites for hydroxylation is 1. The quantitative estimate of drug-likeness (QED) is 0.865. The first-order chi connectivity index (χ1) is 13.1. The molecule has 0 aromatic carbocycles. The monoisotopic (exact) mass is 371 g/mol. The minimum Gasteiger partial charge on any atom is -0.376 e. The Kier molecular flexibility index (Phi) is 5.24. The molecule has 1 N–H and O–H groups in total. The van der Waals surface area contributed by atoms with Gasteiger partial charge in [-0.1, -0.05) is 13.8 Å². The number of ether oxygens (including phenoxy) is 1. The molecule has 8 nitrogen and oxygen atoms in total. The molecule has 2 aliphatic heterocycles. The number of nitrogens with one attached hydrogen (secondary N) is 1. The summed E-state index contributed by atoms with van der Waals surface area (Å²) >= 11 is 0. The van der Waals surface area contributed by atoms with E-state index in [0.717, 1.165) is 56.3 Å².